The molecule has 1 amide bonds. The van der Waals surface area contributed by atoms with E-state index in [4.69, 9.17) is 11.6 Å². The number of aliphatic hydroxyl groups is 1. The summed E-state index contributed by atoms with van der Waals surface area (Å²) >= 11 is 5.59. The lowest BCUT2D eigenvalue weighted by atomic mass is 9.74. The Bertz CT molecular complexity index is 487. The minimum Gasteiger partial charge on any atom is -0.396 e. The van der Waals surface area contributed by atoms with Crippen molar-refractivity contribution in [2.24, 2.45) is 5.41 Å². The molecular formula is C15H19ClFNO2. The van der Waals surface area contributed by atoms with Crippen LogP contribution in [0.5, 0.6) is 0 Å². The van der Waals surface area contributed by atoms with Crippen molar-refractivity contribution in [1.29, 1.82) is 0 Å². The van der Waals surface area contributed by atoms with Crippen molar-refractivity contribution >= 4 is 17.5 Å². The first kappa shape index (κ1) is 15.3. The molecular weight excluding hydrogens is 281 g/mol. The summed E-state index contributed by atoms with van der Waals surface area (Å²) in [4.78, 5) is 12.0. The Morgan fingerprint density at radius 1 is 1.35 bits per heavy atom. The molecule has 3 nitrogen and oxygen atoms in total. The number of hydrogen-bond donors (Lipinski definition) is 2. The van der Waals surface area contributed by atoms with Gasteiger partial charge in [-0.1, -0.05) is 30.9 Å². The molecule has 0 spiro atoms. The molecule has 2 N–H and O–H groups in total. The highest BCUT2D eigenvalue weighted by Gasteiger charge is 2.31. The van der Waals surface area contributed by atoms with Gasteiger partial charge >= 0.3 is 0 Å². The first-order chi connectivity index (χ1) is 9.56. The molecule has 0 saturated heterocycles. The summed E-state index contributed by atoms with van der Waals surface area (Å²) in [5.41, 5.74) is 0.0228. The van der Waals surface area contributed by atoms with Crippen LogP contribution in [0.2, 0.25) is 5.02 Å². The second-order valence-corrected chi connectivity index (χ2v) is 5.94. The van der Waals surface area contributed by atoms with Crippen LogP contribution >= 0.6 is 11.6 Å². The molecule has 1 aliphatic carbocycles. The number of amides is 1. The number of carbonyl (C=O) groups is 1. The van der Waals surface area contributed by atoms with Crippen LogP contribution in [-0.2, 0) is 0 Å². The summed E-state index contributed by atoms with van der Waals surface area (Å²) in [6, 6.07) is 3.99. The van der Waals surface area contributed by atoms with Crippen molar-refractivity contribution in [2.45, 2.75) is 32.1 Å². The zero-order valence-corrected chi connectivity index (χ0v) is 12.0. The molecule has 1 aromatic carbocycles. The highest BCUT2D eigenvalue weighted by molar-refractivity contribution is 6.30. The summed E-state index contributed by atoms with van der Waals surface area (Å²) < 4.78 is 13.3. The third kappa shape index (κ3) is 3.49. The Kier molecular flexibility index (Phi) is 5.00. The van der Waals surface area contributed by atoms with Crippen molar-refractivity contribution in [1.82, 2.24) is 5.32 Å². The van der Waals surface area contributed by atoms with E-state index in [2.05, 4.69) is 5.32 Å². The van der Waals surface area contributed by atoms with Crippen LogP contribution in [0.4, 0.5) is 4.39 Å². The molecule has 1 saturated carbocycles. The Balaban J connectivity index is 1.98. The van der Waals surface area contributed by atoms with Gasteiger partial charge < -0.3 is 10.4 Å². The summed E-state index contributed by atoms with van der Waals surface area (Å²) in [5, 5.41) is 12.4. The fraction of sp³-hybridized carbons (Fsp3) is 0.533. The Labute approximate surface area is 123 Å². The SMILES string of the molecule is O=C(NCC1(CO)CCCCC1)c1ccc(Cl)c(F)c1. The molecule has 0 atom stereocenters. The molecule has 0 aromatic heterocycles. The van der Waals surface area contributed by atoms with Gasteiger partial charge in [0.1, 0.15) is 5.82 Å². The minimum absolute atomic E-state index is 0.000610. The third-order valence-electron chi connectivity index (χ3n) is 4.06. The van der Waals surface area contributed by atoms with Gasteiger partial charge in [0.05, 0.1) is 11.6 Å². The van der Waals surface area contributed by atoms with Crippen LogP contribution in [0.25, 0.3) is 0 Å². The molecule has 110 valence electrons. The van der Waals surface area contributed by atoms with Gasteiger partial charge in [0, 0.05) is 17.5 Å². The summed E-state index contributed by atoms with van der Waals surface area (Å²) in [5.74, 6) is -0.937. The minimum atomic E-state index is -0.603. The molecule has 1 aromatic rings. The number of halogens is 2. The number of carbonyl (C=O) groups excluding carboxylic acids is 1. The zero-order valence-electron chi connectivity index (χ0n) is 11.3. The van der Waals surface area contributed by atoms with Gasteiger partial charge in [0.15, 0.2) is 0 Å². The van der Waals surface area contributed by atoms with Crippen molar-refractivity contribution in [2.75, 3.05) is 13.2 Å². The number of nitrogens with one attached hydrogen (secondary N) is 1. The number of rotatable bonds is 4. The molecule has 0 radical (unpaired) electrons. The molecule has 1 aliphatic rings. The zero-order chi connectivity index (χ0) is 14.6. The van der Waals surface area contributed by atoms with Gasteiger partial charge in [-0.15, -0.1) is 0 Å². The van der Waals surface area contributed by atoms with E-state index in [9.17, 15) is 14.3 Å². The average Bonchev–Trinajstić information content (AvgIpc) is 2.48. The lowest BCUT2D eigenvalue weighted by Crippen LogP contribution is -2.41. The normalized spacial score (nSPS) is 17.8. The van der Waals surface area contributed by atoms with E-state index >= 15 is 0 Å². The lowest BCUT2D eigenvalue weighted by molar-refractivity contribution is 0.0718. The van der Waals surface area contributed by atoms with E-state index < -0.39 is 5.82 Å². The Hall–Kier alpha value is -1.13. The van der Waals surface area contributed by atoms with E-state index in [0.29, 0.717) is 6.54 Å². The number of benzene rings is 1. The highest BCUT2D eigenvalue weighted by atomic mass is 35.5. The van der Waals surface area contributed by atoms with Crippen LogP contribution in [0.3, 0.4) is 0 Å². The standard InChI is InChI=1S/C15H19ClFNO2/c16-12-5-4-11(8-13(12)17)14(20)18-9-15(10-19)6-2-1-3-7-15/h4-5,8,19H,1-3,6-7,9-10H2,(H,18,20). The topological polar surface area (TPSA) is 49.3 Å². The Morgan fingerprint density at radius 2 is 2.05 bits per heavy atom. The van der Waals surface area contributed by atoms with Crippen molar-refractivity contribution in [3.8, 4) is 0 Å². The van der Waals surface area contributed by atoms with Crippen LogP contribution in [-0.4, -0.2) is 24.2 Å². The maximum Gasteiger partial charge on any atom is 0.251 e. The maximum atomic E-state index is 13.3. The van der Waals surface area contributed by atoms with E-state index in [-0.39, 0.29) is 28.5 Å². The molecule has 0 heterocycles. The van der Waals surface area contributed by atoms with Crippen molar-refractivity contribution in [3.05, 3.63) is 34.6 Å². The Morgan fingerprint density at radius 3 is 2.65 bits per heavy atom. The highest BCUT2D eigenvalue weighted by Crippen LogP contribution is 2.35. The summed E-state index contributed by atoms with van der Waals surface area (Å²) in [6.07, 6.45) is 5.16. The molecule has 5 heteroatoms. The lowest BCUT2D eigenvalue weighted by Gasteiger charge is -2.35. The molecule has 0 bridgehead atoms. The second kappa shape index (κ2) is 6.55. The largest absolute Gasteiger partial charge is 0.396 e. The number of aliphatic hydroxyl groups excluding tert-OH is 1. The molecule has 20 heavy (non-hydrogen) atoms. The predicted molar refractivity (Wildman–Crippen MR) is 76.3 cm³/mol. The summed E-state index contributed by atoms with van der Waals surface area (Å²) in [6.45, 7) is 0.495. The number of hydrogen-bond acceptors (Lipinski definition) is 2. The van der Waals surface area contributed by atoms with E-state index in [1.165, 1.54) is 18.6 Å². The molecule has 0 unspecified atom stereocenters. The molecule has 2 rings (SSSR count). The van der Waals surface area contributed by atoms with Crippen molar-refractivity contribution in [3.63, 3.8) is 0 Å². The van der Waals surface area contributed by atoms with E-state index in [1.54, 1.807) is 0 Å². The second-order valence-electron chi connectivity index (χ2n) is 5.53. The first-order valence-corrected chi connectivity index (χ1v) is 7.28. The fourth-order valence-corrected chi connectivity index (χ4v) is 2.82. The maximum absolute atomic E-state index is 13.3. The fourth-order valence-electron chi connectivity index (χ4n) is 2.70. The van der Waals surface area contributed by atoms with Gasteiger partial charge in [-0.3, -0.25) is 4.79 Å². The van der Waals surface area contributed by atoms with Crippen molar-refractivity contribution < 1.29 is 14.3 Å². The van der Waals surface area contributed by atoms with E-state index in [0.717, 1.165) is 31.7 Å². The van der Waals surface area contributed by atoms with Gasteiger partial charge in [0.25, 0.3) is 5.91 Å². The van der Waals surface area contributed by atoms with Gasteiger partial charge in [0.2, 0.25) is 0 Å². The quantitative estimate of drug-likeness (QED) is 0.897. The first-order valence-electron chi connectivity index (χ1n) is 6.90. The summed E-state index contributed by atoms with van der Waals surface area (Å²) in [7, 11) is 0. The molecule has 1 fully saturated rings. The van der Waals surface area contributed by atoms with Crippen LogP contribution < -0.4 is 5.32 Å². The van der Waals surface area contributed by atoms with Crippen LogP contribution in [0, 0.1) is 11.2 Å². The van der Waals surface area contributed by atoms with E-state index in [1.807, 2.05) is 0 Å². The average molecular weight is 300 g/mol. The van der Waals surface area contributed by atoms with Gasteiger partial charge in [-0.25, -0.2) is 4.39 Å². The predicted octanol–water partition coefficient (Wildman–Crippen LogP) is 3.15. The third-order valence-corrected chi connectivity index (χ3v) is 4.36. The smallest absolute Gasteiger partial charge is 0.251 e. The van der Waals surface area contributed by atoms with Crippen LogP contribution in [0.15, 0.2) is 18.2 Å². The monoisotopic (exact) mass is 299 g/mol. The molecule has 0 aliphatic heterocycles. The van der Waals surface area contributed by atoms with Gasteiger partial charge in [-0.2, -0.15) is 0 Å². The van der Waals surface area contributed by atoms with Crippen LogP contribution in [0.1, 0.15) is 42.5 Å². The van der Waals surface area contributed by atoms with Gasteiger partial charge in [-0.05, 0) is 31.0 Å².